The van der Waals surface area contributed by atoms with Gasteiger partial charge in [0.05, 0.1) is 0 Å². The molecule has 0 spiro atoms. The largest absolute Gasteiger partial charge is 0.375 e. The second kappa shape index (κ2) is 8.09. The number of nitrogens with one attached hydrogen (secondary N) is 3. The van der Waals surface area contributed by atoms with Crippen LogP contribution in [0.15, 0.2) is 30.5 Å². The number of amides is 3. The highest BCUT2D eigenvalue weighted by Gasteiger charge is 2.07. The summed E-state index contributed by atoms with van der Waals surface area (Å²) in [6.45, 7) is 2.82. The molecule has 23 heavy (non-hydrogen) atoms. The monoisotopic (exact) mass is 316 g/mol. The Balaban J connectivity index is 2.15. The summed E-state index contributed by atoms with van der Waals surface area (Å²) in [6, 6.07) is 7.26. The Morgan fingerprint density at radius 2 is 2.09 bits per heavy atom. The van der Waals surface area contributed by atoms with Crippen molar-refractivity contribution in [3.63, 3.8) is 0 Å². The molecule has 0 saturated carbocycles. The first-order valence-corrected chi connectivity index (χ1v) is 7.32. The number of nitrogens with zero attached hydrogens (tertiary/aromatic N) is 1. The van der Waals surface area contributed by atoms with E-state index in [0.29, 0.717) is 18.9 Å². The van der Waals surface area contributed by atoms with Crippen molar-refractivity contribution in [3.8, 4) is 0 Å². The van der Waals surface area contributed by atoms with Gasteiger partial charge >= 0.3 is 6.03 Å². The van der Waals surface area contributed by atoms with Crippen molar-refractivity contribution in [3.05, 3.63) is 36.0 Å². The van der Waals surface area contributed by atoms with E-state index in [-0.39, 0.29) is 18.5 Å². The van der Waals surface area contributed by atoms with Crippen LogP contribution in [-0.4, -0.2) is 37.2 Å². The highest BCUT2D eigenvalue weighted by atomic mass is 16.5. The van der Waals surface area contributed by atoms with Gasteiger partial charge in [-0.2, -0.15) is 0 Å². The third-order valence-electron chi connectivity index (χ3n) is 3.19. The molecule has 122 valence electrons. The minimum absolute atomic E-state index is 0.0314. The van der Waals surface area contributed by atoms with Gasteiger partial charge in [0.2, 0.25) is 5.91 Å². The van der Waals surface area contributed by atoms with E-state index in [1.54, 1.807) is 12.3 Å². The number of methoxy groups -OCH3 is 1. The quantitative estimate of drug-likeness (QED) is 0.755. The van der Waals surface area contributed by atoms with Crippen LogP contribution < -0.4 is 16.0 Å². The third-order valence-corrected chi connectivity index (χ3v) is 3.19. The average Bonchev–Trinajstić information content (AvgIpc) is 2.53. The van der Waals surface area contributed by atoms with Gasteiger partial charge < -0.3 is 15.4 Å². The lowest BCUT2D eigenvalue weighted by Crippen LogP contribution is -2.28. The molecule has 3 amide bonds. The van der Waals surface area contributed by atoms with E-state index in [2.05, 4.69) is 20.9 Å². The van der Waals surface area contributed by atoms with Gasteiger partial charge in [-0.3, -0.25) is 10.1 Å². The smallest absolute Gasteiger partial charge is 0.320 e. The van der Waals surface area contributed by atoms with E-state index in [9.17, 15) is 9.59 Å². The number of aromatic nitrogens is 1. The van der Waals surface area contributed by atoms with Crippen LogP contribution in [0.2, 0.25) is 0 Å². The van der Waals surface area contributed by atoms with Gasteiger partial charge in [0, 0.05) is 31.8 Å². The molecule has 0 unspecified atom stereocenters. The maximum Gasteiger partial charge on any atom is 0.320 e. The van der Waals surface area contributed by atoms with Crippen LogP contribution in [0.25, 0.3) is 10.8 Å². The molecule has 0 atom stereocenters. The third kappa shape index (κ3) is 4.65. The van der Waals surface area contributed by atoms with Crippen molar-refractivity contribution in [1.82, 2.24) is 15.6 Å². The van der Waals surface area contributed by atoms with Crippen molar-refractivity contribution >= 4 is 28.5 Å². The van der Waals surface area contributed by atoms with E-state index >= 15 is 0 Å². The van der Waals surface area contributed by atoms with Crippen LogP contribution in [0.3, 0.4) is 0 Å². The van der Waals surface area contributed by atoms with Gasteiger partial charge in [0.25, 0.3) is 0 Å². The van der Waals surface area contributed by atoms with Crippen LogP contribution in [0.1, 0.15) is 12.5 Å². The Hall–Kier alpha value is -2.67. The summed E-state index contributed by atoms with van der Waals surface area (Å²) in [5.74, 6) is 0.302. The zero-order chi connectivity index (χ0) is 16.7. The molecular weight excluding hydrogens is 296 g/mol. The lowest BCUT2D eigenvalue weighted by molar-refractivity contribution is -0.124. The Labute approximate surface area is 134 Å². The molecule has 7 heteroatoms. The Bertz CT molecular complexity index is 703. The fraction of sp³-hybridized carbons (Fsp3) is 0.312. The SMILES string of the molecule is CCNC(=O)Nc1cc2cccc(CNC(=O)COC)c2cn1. The summed E-state index contributed by atoms with van der Waals surface area (Å²) in [5.41, 5.74) is 0.948. The van der Waals surface area contributed by atoms with Gasteiger partial charge in [-0.1, -0.05) is 18.2 Å². The van der Waals surface area contributed by atoms with Crippen molar-refractivity contribution < 1.29 is 14.3 Å². The molecule has 0 aliphatic rings. The Kier molecular flexibility index (Phi) is 5.87. The second-order valence-electron chi connectivity index (χ2n) is 4.90. The van der Waals surface area contributed by atoms with Gasteiger partial charge in [-0.25, -0.2) is 9.78 Å². The minimum Gasteiger partial charge on any atom is -0.375 e. The number of benzene rings is 1. The lowest BCUT2D eigenvalue weighted by atomic mass is 10.1. The molecule has 2 aromatic rings. The number of hydrogen-bond acceptors (Lipinski definition) is 4. The molecule has 1 aromatic heterocycles. The minimum atomic E-state index is -0.290. The van der Waals surface area contributed by atoms with E-state index < -0.39 is 0 Å². The zero-order valence-corrected chi connectivity index (χ0v) is 13.2. The molecule has 7 nitrogen and oxygen atoms in total. The molecule has 0 fully saturated rings. The van der Waals surface area contributed by atoms with Gasteiger partial charge in [-0.05, 0) is 23.9 Å². The topological polar surface area (TPSA) is 92.4 Å². The number of pyridine rings is 1. The van der Waals surface area contributed by atoms with E-state index in [0.717, 1.165) is 16.3 Å². The number of ether oxygens (including phenoxy) is 1. The van der Waals surface area contributed by atoms with Crippen LogP contribution in [0.4, 0.5) is 10.6 Å². The molecule has 3 N–H and O–H groups in total. The fourth-order valence-electron chi connectivity index (χ4n) is 2.15. The molecule has 0 saturated heterocycles. The molecule has 0 aliphatic heterocycles. The molecule has 0 radical (unpaired) electrons. The number of carbonyl (C=O) groups excluding carboxylic acids is 2. The first kappa shape index (κ1) is 16.7. The maximum absolute atomic E-state index is 11.5. The van der Waals surface area contributed by atoms with Gasteiger partial charge in [0.1, 0.15) is 12.4 Å². The van der Waals surface area contributed by atoms with Crippen molar-refractivity contribution in [2.75, 3.05) is 25.6 Å². The van der Waals surface area contributed by atoms with Crippen LogP contribution in [-0.2, 0) is 16.1 Å². The highest BCUT2D eigenvalue weighted by Crippen LogP contribution is 2.20. The average molecular weight is 316 g/mol. The molecule has 1 heterocycles. The molecule has 1 aromatic carbocycles. The number of rotatable bonds is 6. The number of carbonyl (C=O) groups is 2. The number of fused-ring (bicyclic) bond motifs is 1. The summed E-state index contributed by atoms with van der Waals surface area (Å²) in [4.78, 5) is 27.3. The van der Waals surface area contributed by atoms with E-state index in [1.807, 2.05) is 25.1 Å². The van der Waals surface area contributed by atoms with Crippen molar-refractivity contribution in [2.45, 2.75) is 13.5 Å². The first-order valence-electron chi connectivity index (χ1n) is 7.32. The molecular formula is C16H20N4O3. The second-order valence-corrected chi connectivity index (χ2v) is 4.90. The first-order chi connectivity index (χ1) is 11.1. The van der Waals surface area contributed by atoms with Crippen LogP contribution >= 0.6 is 0 Å². The predicted octanol–water partition coefficient (Wildman–Crippen LogP) is 1.64. The summed E-state index contributed by atoms with van der Waals surface area (Å²) < 4.78 is 4.78. The van der Waals surface area contributed by atoms with E-state index in [1.165, 1.54) is 7.11 Å². The number of hydrogen-bond donors (Lipinski definition) is 3. The van der Waals surface area contributed by atoms with E-state index in [4.69, 9.17) is 4.74 Å². The fourth-order valence-corrected chi connectivity index (χ4v) is 2.15. The summed E-state index contributed by atoms with van der Waals surface area (Å²) in [7, 11) is 1.48. The van der Waals surface area contributed by atoms with Crippen molar-refractivity contribution in [2.24, 2.45) is 0 Å². The Morgan fingerprint density at radius 1 is 1.26 bits per heavy atom. The number of urea groups is 1. The normalized spacial score (nSPS) is 10.3. The highest BCUT2D eigenvalue weighted by molar-refractivity contribution is 5.92. The molecule has 0 aliphatic carbocycles. The predicted molar refractivity (Wildman–Crippen MR) is 88.2 cm³/mol. The van der Waals surface area contributed by atoms with Crippen molar-refractivity contribution in [1.29, 1.82) is 0 Å². The standard InChI is InChI=1S/C16H20N4O3/c1-3-17-16(22)20-14-7-11-5-4-6-12(13(11)9-18-14)8-19-15(21)10-23-2/h4-7,9H,3,8,10H2,1-2H3,(H,19,21)(H2,17,18,20,22). The van der Waals surface area contributed by atoms with Gasteiger partial charge in [-0.15, -0.1) is 0 Å². The summed E-state index contributed by atoms with van der Waals surface area (Å²) in [5, 5.41) is 9.97. The van der Waals surface area contributed by atoms with Crippen LogP contribution in [0, 0.1) is 0 Å². The molecule has 0 bridgehead atoms. The number of anilines is 1. The van der Waals surface area contributed by atoms with Gasteiger partial charge in [0.15, 0.2) is 0 Å². The summed E-state index contributed by atoms with van der Waals surface area (Å²) in [6.07, 6.45) is 1.69. The zero-order valence-electron chi connectivity index (χ0n) is 13.2. The maximum atomic E-state index is 11.5. The Morgan fingerprint density at radius 3 is 2.83 bits per heavy atom. The summed E-state index contributed by atoms with van der Waals surface area (Å²) >= 11 is 0. The lowest BCUT2D eigenvalue weighted by Gasteiger charge is -2.10. The van der Waals surface area contributed by atoms with Crippen LogP contribution in [0.5, 0.6) is 0 Å². The molecule has 2 rings (SSSR count).